The van der Waals surface area contributed by atoms with Gasteiger partial charge in [-0.25, -0.2) is 9.78 Å². The molecule has 3 amide bonds. The maximum Gasteiger partial charge on any atom is 0.326 e. The Hall–Kier alpha value is -4.36. The van der Waals surface area contributed by atoms with E-state index in [4.69, 9.17) is 5.73 Å². The Morgan fingerprint density at radius 2 is 1.48 bits per heavy atom. The lowest BCUT2D eigenvalue weighted by Crippen LogP contribution is -2.58. The molecule has 0 bridgehead atoms. The minimum Gasteiger partial charge on any atom is -0.508 e. The summed E-state index contributed by atoms with van der Waals surface area (Å²) < 4.78 is 0. The molecule has 0 radical (unpaired) electrons. The number of aromatic amines is 1. The number of aromatic hydroxyl groups is 1. The summed E-state index contributed by atoms with van der Waals surface area (Å²) >= 11 is 1.46. The number of carbonyl (C=O) groups is 4. The summed E-state index contributed by atoms with van der Waals surface area (Å²) in [5, 5.41) is 27.2. The maximum absolute atomic E-state index is 13.6. The van der Waals surface area contributed by atoms with E-state index >= 15 is 0 Å². The molecule has 0 aliphatic heterocycles. The minimum atomic E-state index is -1.25. The molecule has 2 aromatic carbocycles. The SMILES string of the molecule is CSCCC(NC(=O)C(Cc1ccc(O)cc1)NC(=O)C(N)Cc1ccccc1)C(=O)NC(Cc1cnc[nH]1)C(=O)O. The van der Waals surface area contributed by atoms with Gasteiger partial charge in [0.1, 0.15) is 23.9 Å². The molecule has 13 heteroatoms. The Morgan fingerprint density at radius 3 is 2.10 bits per heavy atom. The fourth-order valence-electron chi connectivity index (χ4n) is 4.18. The van der Waals surface area contributed by atoms with Gasteiger partial charge < -0.3 is 36.9 Å². The zero-order valence-electron chi connectivity index (χ0n) is 23.2. The van der Waals surface area contributed by atoms with Crippen molar-refractivity contribution in [3.8, 4) is 5.75 Å². The van der Waals surface area contributed by atoms with Gasteiger partial charge in [-0.1, -0.05) is 42.5 Å². The Balaban J connectivity index is 1.75. The van der Waals surface area contributed by atoms with Gasteiger partial charge in [0, 0.05) is 24.7 Å². The van der Waals surface area contributed by atoms with Gasteiger partial charge in [-0.2, -0.15) is 11.8 Å². The topological polar surface area (TPSA) is 200 Å². The van der Waals surface area contributed by atoms with Crippen LogP contribution in [0.3, 0.4) is 0 Å². The summed E-state index contributed by atoms with van der Waals surface area (Å²) in [4.78, 5) is 58.4. The number of amides is 3. The summed E-state index contributed by atoms with van der Waals surface area (Å²) in [7, 11) is 0. The fourth-order valence-corrected chi connectivity index (χ4v) is 4.65. The van der Waals surface area contributed by atoms with Gasteiger partial charge in [0.25, 0.3) is 0 Å². The van der Waals surface area contributed by atoms with Gasteiger partial charge in [0.05, 0.1) is 12.4 Å². The van der Waals surface area contributed by atoms with E-state index < -0.39 is 47.9 Å². The van der Waals surface area contributed by atoms with Crippen LogP contribution in [-0.2, 0) is 38.4 Å². The second kappa shape index (κ2) is 16.2. The number of hydrogen-bond donors (Lipinski definition) is 7. The molecule has 0 fully saturated rings. The molecular weight excluding hydrogens is 560 g/mol. The van der Waals surface area contributed by atoms with Crippen LogP contribution < -0.4 is 21.7 Å². The smallest absolute Gasteiger partial charge is 0.326 e. The number of aliphatic carboxylic acids is 1. The molecule has 0 spiro atoms. The van der Waals surface area contributed by atoms with Crippen molar-refractivity contribution < 1.29 is 29.4 Å². The fraction of sp³-hybridized carbons (Fsp3) is 0.345. The molecule has 3 rings (SSSR count). The molecule has 0 aliphatic rings. The van der Waals surface area contributed by atoms with Crippen molar-refractivity contribution >= 4 is 35.5 Å². The lowest BCUT2D eigenvalue weighted by Gasteiger charge is -2.25. The number of imidazole rings is 1. The molecule has 0 saturated carbocycles. The molecule has 0 saturated heterocycles. The first-order valence-electron chi connectivity index (χ1n) is 13.3. The van der Waals surface area contributed by atoms with Crippen molar-refractivity contribution in [2.24, 2.45) is 5.73 Å². The molecule has 8 N–H and O–H groups in total. The third-order valence-electron chi connectivity index (χ3n) is 6.48. The monoisotopic (exact) mass is 596 g/mol. The normalized spacial score (nSPS) is 13.8. The van der Waals surface area contributed by atoms with Crippen LogP contribution in [0.15, 0.2) is 67.1 Å². The number of nitrogens with zero attached hydrogens (tertiary/aromatic N) is 1. The molecule has 4 unspecified atom stereocenters. The van der Waals surface area contributed by atoms with Crippen LogP contribution >= 0.6 is 11.8 Å². The summed E-state index contributed by atoms with van der Waals surface area (Å²) in [6.45, 7) is 0. The summed E-state index contributed by atoms with van der Waals surface area (Å²) in [6, 6.07) is 11.0. The van der Waals surface area contributed by atoms with E-state index in [1.807, 2.05) is 36.6 Å². The van der Waals surface area contributed by atoms with Crippen molar-refractivity contribution in [2.45, 2.75) is 49.9 Å². The summed E-state index contributed by atoms with van der Waals surface area (Å²) in [6.07, 6.45) is 5.24. The number of hydrogen-bond acceptors (Lipinski definition) is 8. The van der Waals surface area contributed by atoms with Gasteiger partial charge in [-0.05, 0) is 48.1 Å². The van der Waals surface area contributed by atoms with E-state index in [9.17, 15) is 29.4 Å². The predicted octanol–water partition coefficient (Wildman–Crippen LogP) is 0.763. The van der Waals surface area contributed by atoms with Crippen LogP contribution in [0, 0.1) is 0 Å². The molecule has 3 aromatic rings. The number of phenols is 1. The zero-order chi connectivity index (χ0) is 30.5. The molecule has 0 aliphatic carbocycles. The third kappa shape index (κ3) is 10.2. The van der Waals surface area contributed by atoms with Gasteiger partial charge in [0.2, 0.25) is 17.7 Å². The number of carboxylic acid groups (broad SMARTS) is 1. The van der Waals surface area contributed by atoms with Crippen molar-refractivity contribution in [3.63, 3.8) is 0 Å². The van der Waals surface area contributed by atoms with Gasteiger partial charge in [-0.15, -0.1) is 0 Å². The van der Waals surface area contributed by atoms with E-state index in [2.05, 4.69) is 25.9 Å². The number of phenolic OH excluding ortho intramolecular Hbond substituents is 1. The number of aromatic nitrogens is 2. The third-order valence-corrected chi connectivity index (χ3v) is 7.13. The largest absolute Gasteiger partial charge is 0.508 e. The van der Waals surface area contributed by atoms with Gasteiger partial charge >= 0.3 is 5.97 Å². The lowest BCUT2D eigenvalue weighted by molar-refractivity contribution is -0.142. The Labute approximate surface area is 247 Å². The highest BCUT2D eigenvalue weighted by Gasteiger charge is 2.30. The van der Waals surface area contributed by atoms with E-state index in [-0.39, 0.29) is 31.4 Å². The second-order valence-corrected chi connectivity index (χ2v) is 10.7. The van der Waals surface area contributed by atoms with Crippen LogP contribution in [0.4, 0.5) is 0 Å². The Bertz CT molecular complexity index is 1310. The number of nitrogens with one attached hydrogen (secondary N) is 4. The lowest BCUT2D eigenvalue weighted by atomic mass is 10.0. The van der Waals surface area contributed by atoms with E-state index in [0.29, 0.717) is 17.0 Å². The van der Waals surface area contributed by atoms with Crippen molar-refractivity contribution in [1.82, 2.24) is 25.9 Å². The molecular formula is C29H36N6O6S. The highest BCUT2D eigenvalue weighted by molar-refractivity contribution is 7.98. The number of carbonyl (C=O) groups excluding carboxylic acids is 3. The first-order chi connectivity index (χ1) is 20.2. The van der Waals surface area contributed by atoms with Crippen molar-refractivity contribution in [1.29, 1.82) is 0 Å². The van der Waals surface area contributed by atoms with E-state index in [1.54, 1.807) is 12.1 Å². The average Bonchev–Trinajstić information content (AvgIpc) is 3.49. The standard InChI is InChI=1S/C29H36N6O6S/c1-42-12-11-23(27(38)35-25(29(40)41)15-20-16-31-17-32-20)33-28(39)24(14-19-7-9-21(36)10-8-19)34-26(37)22(30)13-18-5-3-2-4-6-18/h2-10,16-17,22-25,36H,11-15,30H2,1H3,(H,31,32)(H,33,39)(H,34,37)(H,35,38)(H,40,41). The van der Waals surface area contributed by atoms with Crippen LogP contribution in [0.25, 0.3) is 0 Å². The summed E-state index contributed by atoms with van der Waals surface area (Å²) in [5.74, 6) is -2.53. The second-order valence-electron chi connectivity index (χ2n) is 9.75. The molecule has 1 aromatic heterocycles. The minimum absolute atomic E-state index is 0.0247. The van der Waals surface area contributed by atoms with Crippen molar-refractivity contribution in [2.75, 3.05) is 12.0 Å². The molecule has 4 atom stereocenters. The quantitative estimate of drug-likeness (QED) is 0.125. The van der Waals surface area contributed by atoms with Crippen LogP contribution in [0.2, 0.25) is 0 Å². The summed E-state index contributed by atoms with van der Waals surface area (Å²) in [5.41, 5.74) is 8.19. The van der Waals surface area contributed by atoms with Crippen LogP contribution in [0.5, 0.6) is 5.75 Å². The van der Waals surface area contributed by atoms with Crippen LogP contribution in [-0.4, -0.2) is 80.0 Å². The maximum atomic E-state index is 13.6. The highest BCUT2D eigenvalue weighted by Crippen LogP contribution is 2.13. The number of benzene rings is 2. The molecule has 42 heavy (non-hydrogen) atoms. The molecule has 12 nitrogen and oxygen atoms in total. The zero-order valence-corrected chi connectivity index (χ0v) is 24.0. The number of rotatable bonds is 16. The number of carboxylic acids is 1. The number of nitrogens with two attached hydrogens (primary N) is 1. The van der Waals surface area contributed by atoms with Gasteiger partial charge in [0.15, 0.2) is 0 Å². The first kappa shape index (κ1) is 32.2. The molecule has 1 heterocycles. The predicted molar refractivity (Wildman–Crippen MR) is 159 cm³/mol. The Kier molecular flexibility index (Phi) is 12.4. The first-order valence-corrected chi connectivity index (χ1v) is 14.7. The van der Waals surface area contributed by atoms with Crippen molar-refractivity contribution in [3.05, 3.63) is 83.9 Å². The molecule has 224 valence electrons. The van der Waals surface area contributed by atoms with E-state index in [0.717, 1.165) is 5.56 Å². The highest BCUT2D eigenvalue weighted by atomic mass is 32.2. The van der Waals surface area contributed by atoms with Gasteiger partial charge in [-0.3, -0.25) is 14.4 Å². The number of thioether (sulfide) groups is 1. The number of H-pyrrole nitrogens is 1. The van der Waals surface area contributed by atoms with E-state index in [1.165, 1.54) is 36.4 Å². The van der Waals surface area contributed by atoms with Crippen LogP contribution in [0.1, 0.15) is 23.2 Å². The average molecular weight is 597 g/mol. The Morgan fingerprint density at radius 1 is 0.857 bits per heavy atom.